The smallest absolute Gasteiger partial charge is 0.246 e. The van der Waals surface area contributed by atoms with Crippen molar-refractivity contribution in [3.05, 3.63) is 34.7 Å². The predicted octanol–water partition coefficient (Wildman–Crippen LogP) is 3.80. The highest BCUT2D eigenvalue weighted by Crippen LogP contribution is 2.38. The average Bonchev–Trinajstić information content (AvgIpc) is 3.32. The van der Waals surface area contributed by atoms with E-state index in [0.29, 0.717) is 5.13 Å². The van der Waals surface area contributed by atoms with Crippen LogP contribution in [-0.2, 0) is 27.2 Å². The third-order valence-electron chi connectivity index (χ3n) is 6.63. The van der Waals surface area contributed by atoms with Crippen LogP contribution in [0.1, 0.15) is 49.7 Å². The first-order valence-corrected chi connectivity index (χ1v) is 11.7. The number of carbonyl (C=O) groups excluding carboxylic acids is 3. The van der Waals surface area contributed by atoms with Crippen molar-refractivity contribution in [2.24, 2.45) is 11.8 Å². The first-order valence-electron chi connectivity index (χ1n) is 10.8. The van der Waals surface area contributed by atoms with Crippen LogP contribution >= 0.6 is 11.3 Å². The second-order valence-corrected chi connectivity index (χ2v) is 9.39. The summed E-state index contributed by atoms with van der Waals surface area (Å²) < 4.78 is 0. The van der Waals surface area contributed by atoms with Gasteiger partial charge >= 0.3 is 0 Å². The standard InChI is InChI=1S/C23H25N3O3S/c27-20(12-26-21(28)17-7-3-4-8-18(17)22(26)29)25-23-24-19(13-30-23)16-10-9-14-5-1-2-6-15(14)11-16/h9-11,13,17-18H,1-8,12H2,(H,24,25,27)/t17-,18-/m1/s1. The third kappa shape index (κ3) is 3.55. The van der Waals surface area contributed by atoms with Gasteiger partial charge in [0.2, 0.25) is 17.7 Å². The highest BCUT2D eigenvalue weighted by atomic mass is 32.1. The molecule has 2 fully saturated rings. The van der Waals surface area contributed by atoms with Gasteiger partial charge in [-0.2, -0.15) is 0 Å². The number of imide groups is 1. The van der Waals surface area contributed by atoms with Gasteiger partial charge in [0.25, 0.3) is 0 Å². The van der Waals surface area contributed by atoms with Crippen LogP contribution in [0.2, 0.25) is 0 Å². The zero-order valence-corrected chi connectivity index (χ0v) is 17.7. The summed E-state index contributed by atoms with van der Waals surface area (Å²) in [4.78, 5) is 43.3. The number of benzene rings is 1. The topological polar surface area (TPSA) is 79.4 Å². The highest BCUT2D eigenvalue weighted by Gasteiger charge is 2.48. The molecule has 0 spiro atoms. The molecule has 1 aromatic heterocycles. The van der Waals surface area contributed by atoms with Gasteiger partial charge in [-0.25, -0.2) is 4.98 Å². The van der Waals surface area contributed by atoms with Gasteiger partial charge in [-0.05, 0) is 55.7 Å². The molecule has 7 heteroatoms. The van der Waals surface area contributed by atoms with Gasteiger partial charge in [0.1, 0.15) is 6.54 Å². The molecule has 156 valence electrons. The van der Waals surface area contributed by atoms with E-state index in [0.717, 1.165) is 54.7 Å². The number of nitrogens with one attached hydrogen (secondary N) is 1. The van der Waals surface area contributed by atoms with E-state index in [1.54, 1.807) is 0 Å². The molecule has 2 aliphatic carbocycles. The van der Waals surface area contributed by atoms with Gasteiger partial charge in [-0.15, -0.1) is 11.3 Å². The van der Waals surface area contributed by atoms with E-state index in [1.807, 2.05) is 5.38 Å². The van der Waals surface area contributed by atoms with E-state index < -0.39 is 0 Å². The van der Waals surface area contributed by atoms with Crippen molar-refractivity contribution in [3.63, 3.8) is 0 Å². The Morgan fingerprint density at radius 1 is 1.03 bits per heavy atom. The van der Waals surface area contributed by atoms with Crippen molar-refractivity contribution in [3.8, 4) is 11.3 Å². The number of likely N-dealkylation sites (tertiary alicyclic amines) is 1. The molecule has 2 atom stereocenters. The molecule has 3 aliphatic rings. The van der Waals surface area contributed by atoms with Crippen LogP contribution in [0.4, 0.5) is 5.13 Å². The van der Waals surface area contributed by atoms with Crippen molar-refractivity contribution in [1.29, 1.82) is 0 Å². The summed E-state index contributed by atoms with van der Waals surface area (Å²) in [6, 6.07) is 6.48. The molecule has 1 saturated heterocycles. The fraction of sp³-hybridized carbons (Fsp3) is 0.478. The van der Waals surface area contributed by atoms with Crippen molar-refractivity contribution in [2.45, 2.75) is 51.4 Å². The number of rotatable bonds is 4. The Hall–Kier alpha value is -2.54. The monoisotopic (exact) mass is 423 g/mol. The van der Waals surface area contributed by atoms with Crippen LogP contribution in [0.3, 0.4) is 0 Å². The summed E-state index contributed by atoms with van der Waals surface area (Å²) in [5, 5.41) is 5.19. The molecule has 3 amide bonds. The molecule has 0 unspecified atom stereocenters. The van der Waals surface area contributed by atoms with Crippen LogP contribution in [0, 0.1) is 11.8 Å². The Bertz CT molecular complexity index is 991. The summed E-state index contributed by atoms with van der Waals surface area (Å²) in [6.45, 7) is -0.224. The van der Waals surface area contributed by atoms with E-state index in [2.05, 4.69) is 28.5 Å². The zero-order valence-electron chi connectivity index (χ0n) is 16.9. The maximum atomic E-state index is 12.6. The Kier molecular flexibility index (Phi) is 5.15. The molecule has 1 aliphatic heterocycles. The third-order valence-corrected chi connectivity index (χ3v) is 7.39. The second-order valence-electron chi connectivity index (χ2n) is 8.54. The molecule has 1 aromatic carbocycles. The van der Waals surface area contributed by atoms with Crippen molar-refractivity contribution >= 4 is 34.2 Å². The highest BCUT2D eigenvalue weighted by molar-refractivity contribution is 7.14. The number of thiazole rings is 1. The molecule has 5 rings (SSSR count). The lowest BCUT2D eigenvalue weighted by Gasteiger charge is -2.19. The summed E-state index contributed by atoms with van der Waals surface area (Å²) in [5.74, 6) is -1.20. The van der Waals surface area contributed by atoms with Crippen LogP contribution < -0.4 is 5.32 Å². The second kappa shape index (κ2) is 7.95. The molecular formula is C23H25N3O3S. The number of carbonyl (C=O) groups is 3. The molecule has 6 nitrogen and oxygen atoms in total. The molecule has 2 heterocycles. The zero-order chi connectivity index (χ0) is 20.7. The number of aromatic nitrogens is 1. The maximum absolute atomic E-state index is 12.6. The first kappa shape index (κ1) is 19.4. The van der Waals surface area contributed by atoms with Crippen LogP contribution in [0.15, 0.2) is 23.6 Å². The van der Waals surface area contributed by atoms with Crippen LogP contribution in [0.25, 0.3) is 11.3 Å². The van der Waals surface area contributed by atoms with E-state index in [1.165, 1.54) is 35.3 Å². The number of anilines is 1. The number of aryl methyl sites for hydroxylation is 2. The van der Waals surface area contributed by atoms with Gasteiger partial charge in [0, 0.05) is 10.9 Å². The van der Waals surface area contributed by atoms with Crippen LogP contribution in [-0.4, -0.2) is 34.2 Å². The van der Waals surface area contributed by atoms with Gasteiger partial charge in [0.15, 0.2) is 5.13 Å². The van der Waals surface area contributed by atoms with Crippen molar-refractivity contribution in [1.82, 2.24) is 9.88 Å². The molecule has 2 aromatic rings. The summed E-state index contributed by atoms with van der Waals surface area (Å²) in [7, 11) is 0. The number of hydrogen-bond acceptors (Lipinski definition) is 5. The lowest BCUT2D eigenvalue weighted by molar-refractivity contribution is -0.142. The fourth-order valence-electron chi connectivity index (χ4n) is 5.05. The summed E-state index contributed by atoms with van der Waals surface area (Å²) in [6.07, 6.45) is 8.19. The molecule has 1 N–H and O–H groups in total. The Labute approximate surface area is 179 Å². The molecule has 0 radical (unpaired) electrons. The Balaban J connectivity index is 1.25. The van der Waals surface area contributed by atoms with E-state index in [4.69, 9.17) is 0 Å². The average molecular weight is 424 g/mol. The van der Waals surface area contributed by atoms with Gasteiger partial charge in [-0.1, -0.05) is 25.0 Å². The van der Waals surface area contributed by atoms with Crippen molar-refractivity contribution < 1.29 is 14.4 Å². The number of nitrogens with zero attached hydrogens (tertiary/aromatic N) is 2. The predicted molar refractivity (Wildman–Crippen MR) is 115 cm³/mol. The summed E-state index contributed by atoms with van der Waals surface area (Å²) in [5.41, 5.74) is 4.71. The molecule has 30 heavy (non-hydrogen) atoms. The fourth-order valence-corrected chi connectivity index (χ4v) is 5.78. The summed E-state index contributed by atoms with van der Waals surface area (Å²) >= 11 is 1.36. The molecule has 0 bridgehead atoms. The minimum absolute atomic E-state index is 0.186. The largest absolute Gasteiger partial charge is 0.300 e. The van der Waals surface area contributed by atoms with Crippen LogP contribution in [0.5, 0.6) is 0 Å². The van der Waals surface area contributed by atoms with Gasteiger partial charge < -0.3 is 5.32 Å². The minimum atomic E-state index is -0.373. The number of amides is 3. The van der Waals surface area contributed by atoms with Gasteiger partial charge in [0.05, 0.1) is 17.5 Å². The first-order chi connectivity index (χ1) is 14.6. The lowest BCUT2D eigenvalue weighted by atomic mass is 9.81. The SMILES string of the molecule is O=C(CN1C(=O)[C@@H]2CCCC[C@H]2C1=O)Nc1nc(-c2ccc3c(c2)CCCC3)cs1. The van der Waals surface area contributed by atoms with E-state index in [9.17, 15) is 14.4 Å². The van der Waals surface area contributed by atoms with E-state index >= 15 is 0 Å². The van der Waals surface area contributed by atoms with Crippen molar-refractivity contribution in [2.75, 3.05) is 11.9 Å². The molecular weight excluding hydrogens is 398 g/mol. The normalized spacial score (nSPS) is 23.3. The lowest BCUT2D eigenvalue weighted by Crippen LogP contribution is -2.38. The maximum Gasteiger partial charge on any atom is 0.246 e. The van der Waals surface area contributed by atoms with Gasteiger partial charge in [-0.3, -0.25) is 19.3 Å². The van der Waals surface area contributed by atoms with E-state index in [-0.39, 0.29) is 36.1 Å². The molecule has 1 saturated carbocycles. The number of fused-ring (bicyclic) bond motifs is 2. The Morgan fingerprint density at radius 3 is 2.47 bits per heavy atom. The quantitative estimate of drug-likeness (QED) is 0.759. The Morgan fingerprint density at radius 2 is 1.73 bits per heavy atom. The minimum Gasteiger partial charge on any atom is -0.300 e. The number of hydrogen-bond donors (Lipinski definition) is 1.